The first-order valence-corrected chi connectivity index (χ1v) is 6.23. The maximum atomic E-state index is 8.93. The molecule has 0 saturated heterocycles. The Hall–Kier alpha value is -1.99. The Morgan fingerprint density at radius 1 is 1.28 bits per heavy atom. The van der Waals surface area contributed by atoms with Crippen molar-refractivity contribution in [3.05, 3.63) is 52.0 Å². The Morgan fingerprint density at radius 2 is 2.06 bits per heavy atom. The number of nitrogens with zero attached hydrogens (tertiary/aromatic N) is 1. The largest absolute Gasteiger partial charge is 0.396 e. The van der Waals surface area contributed by atoms with Crippen molar-refractivity contribution in [1.29, 1.82) is 5.26 Å². The normalized spacial score (nSPS) is 9.83. The lowest BCUT2D eigenvalue weighted by atomic mass is 10.1. The van der Waals surface area contributed by atoms with Crippen molar-refractivity contribution in [3.8, 4) is 6.07 Å². The number of nitrogens with one attached hydrogen (secondary N) is 1. The van der Waals surface area contributed by atoms with Gasteiger partial charge < -0.3 is 11.1 Å². The van der Waals surface area contributed by atoms with Crippen molar-refractivity contribution in [2.24, 2.45) is 0 Å². The lowest BCUT2D eigenvalue weighted by molar-refractivity contribution is 1.41. The SMILES string of the molecule is Cc1cc(Nc2cccc(C#N)c2N)ccc1Br. The van der Waals surface area contributed by atoms with E-state index < -0.39 is 0 Å². The molecule has 18 heavy (non-hydrogen) atoms. The molecule has 0 heterocycles. The molecule has 0 spiro atoms. The Labute approximate surface area is 114 Å². The predicted octanol–water partition coefficient (Wildman–Crippen LogP) is 3.96. The van der Waals surface area contributed by atoms with E-state index in [0.717, 1.165) is 21.4 Å². The number of hydrogen-bond donors (Lipinski definition) is 2. The molecule has 0 unspecified atom stereocenters. The molecule has 2 aromatic carbocycles. The Morgan fingerprint density at radius 3 is 2.72 bits per heavy atom. The third-order valence-corrected chi connectivity index (χ3v) is 3.55. The average molecular weight is 302 g/mol. The number of aryl methyl sites for hydroxylation is 1. The van der Waals surface area contributed by atoms with Crippen molar-refractivity contribution in [2.75, 3.05) is 11.1 Å². The van der Waals surface area contributed by atoms with Gasteiger partial charge in [0.15, 0.2) is 0 Å². The van der Waals surface area contributed by atoms with Crippen LogP contribution in [0.25, 0.3) is 0 Å². The van der Waals surface area contributed by atoms with Crippen LogP contribution in [0.15, 0.2) is 40.9 Å². The van der Waals surface area contributed by atoms with Gasteiger partial charge in [0.25, 0.3) is 0 Å². The Balaban J connectivity index is 2.35. The molecular formula is C14H12BrN3. The monoisotopic (exact) mass is 301 g/mol. The fourth-order valence-corrected chi connectivity index (χ4v) is 1.90. The summed E-state index contributed by atoms with van der Waals surface area (Å²) in [6, 6.07) is 13.4. The second-order valence-electron chi connectivity index (χ2n) is 3.97. The molecule has 0 aliphatic heterocycles. The van der Waals surface area contributed by atoms with Gasteiger partial charge in [-0.15, -0.1) is 0 Å². The van der Waals surface area contributed by atoms with Gasteiger partial charge in [0, 0.05) is 10.2 Å². The van der Waals surface area contributed by atoms with Crippen LogP contribution in [0.1, 0.15) is 11.1 Å². The minimum Gasteiger partial charge on any atom is -0.396 e. The fraction of sp³-hybridized carbons (Fsp3) is 0.0714. The summed E-state index contributed by atoms with van der Waals surface area (Å²) in [5, 5.41) is 12.1. The van der Waals surface area contributed by atoms with Gasteiger partial charge in [0.05, 0.1) is 16.9 Å². The number of hydrogen-bond acceptors (Lipinski definition) is 3. The summed E-state index contributed by atoms with van der Waals surface area (Å²) in [6.45, 7) is 2.02. The highest BCUT2D eigenvalue weighted by Crippen LogP contribution is 2.27. The van der Waals surface area contributed by atoms with Crippen LogP contribution in [0.5, 0.6) is 0 Å². The van der Waals surface area contributed by atoms with Crippen LogP contribution in [0.2, 0.25) is 0 Å². The zero-order valence-electron chi connectivity index (χ0n) is 9.87. The number of nitriles is 1. The van der Waals surface area contributed by atoms with Crippen LogP contribution in [0, 0.1) is 18.3 Å². The van der Waals surface area contributed by atoms with Crippen molar-refractivity contribution < 1.29 is 0 Å². The standard InChI is InChI=1S/C14H12BrN3/c1-9-7-11(5-6-12(9)15)18-13-4-2-3-10(8-16)14(13)17/h2-7,18H,17H2,1H3. The molecule has 3 N–H and O–H groups in total. The first-order valence-electron chi connectivity index (χ1n) is 5.43. The molecule has 0 bridgehead atoms. The highest BCUT2D eigenvalue weighted by atomic mass is 79.9. The van der Waals surface area contributed by atoms with Gasteiger partial charge in [-0.3, -0.25) is 0 Å². The van der Waals surface area contributed by atoms with E-state index in [1.165, 1.54) is 0 Å². The highest BCUT2D eigenvalue weighted by Gasteiger charge is 2.05. The van der Waals surface area contributed by atoms with Crippen molar-refractivity contribution in [2.45, 2.75) is 6.92 Å². The summed E-state index contributed by atoms with van der Waals surface area (Å²) in [6.07, 6.45) is 0. The summed E-state index contributed by atoms with van der Waals surface area (Å²) < 4.78 is 1.06. The second kappa shape index (κ2) is 5.11. The van der Waals surface area contributed by atoms with Crippen LogP contribution in [-0.2, 0) is 0 Å². The molecule has 3 nitrogen and oxygen atoms in total. The summed E-state index contributed by atoms with van der Waals surface area (Å²) in [4.78, 5) is 0. The molecule has 0 saturated carbocycles. The average Bonchev–Trinajstić information content (AvgIpc) is 2.36. The molecule has 90 valence electrons. The zero-order chi connectivity index (χ0) is 13.1. The van der Waals surface area contributed by atoms with Crippen LogP contribution in [-0.4, -0.2) is 0 Å². The summed E-state index contributed by atoms with van der Waals surface area (Å²) in [7, 11) is 0. The topological polar surface area (TPSA) is 61.8 Å². The van der Waals surface area contributed by atoms with E-state index in [1.807, 2.05) is 37.3 Å². The maximum Gasteiger partial charge on any atom is 0.101 e. The van der Waals surface area contributed by atoms with E-state index >= 15 is 0 Å². The number of rotatable bonds is 2. The zero-order valence-corrected chi connectivity index (χ0v) is 11.5. The predicted molar refractivity (Wildman–Crippen MR) is 77.7 cm³/mol. The summed E-state index contributed by atoms with van der Waals surface area (Å²) in [5.41, 5.74) is 9.69. The second-order valence-corrected chi connectivity index (χ2v) is 4.82. The van der Waals surface area contributed by atoms with E-state index in [0.29, 0.717) is 11.3 Å². The Bertz CT molecular complexity index is 629. The van der Waals surface area contributed by atoms with Gasteiger partial charge in [0.2, 0.25) is 0 Å². The molecule has 0 aromatic heterocycles. The number of anilines is 3. The molecule has 0 atom stereocenters. The van der Waals surface area contributed by atoms with Gasteiger partial charge >= 0.3 is 0 Å². The van der Waals surface area contributed by atoms with E-state index in [-0.39, 0.29) is 0 Å². The van der Waals surface area contributed by atoms with Gasteiger partial charge in [-0.1, -0.05) is 22.0 Å². The molecule has 2 rings (SSSR count). The number of nitrogens with two attached hydrogens (primary N) is 1. The first-order chi connectivity index (χ1) is 8.61. The molecule has 0 fully saturated rings. The molecule has 0 aliphatic carbocycles. The van der Waals surface area contributed by atoms with Crippen molar-refractivity contribution in [3.63, 3.8) is 0 Å². The molecule has 0 radical (unpaired) electrons. The summed E-state index contributed by atoms with van der Waals surface area (Å²) in [5.74, 6) is 0. The fourth-order valence-electron chi connectivity index (χ4n) is 1.65. The molecule has 0 aliphatic rings. The van der Waals surface area contributed by atoms with Gasteiger partial charge in [-0.25, -0.2) is 0 Å². The number of para-hydroxylation sites is 1. The highest BCUT2D eigenvalue weighted by molar-refractivity contribution is 9.10. The lowest BCUT2D eigenvalue weighted by Gasteiger charge is -2.11. The quantitative estimate of drug-likeness (QED) is 0.826. The smallest absolute Gasteiger partial charge is 0.101 e. The molecular weight excluding hydrogens is 290 g/mol. The van der Waals surface area contributed by atoms with Crippen molar-refractivity contribution >= 4 is 33.0 Å². The van der Waals surface area contributed by atoms with E-state index in [9.17, 15) is 0 Å². The van der Waals surface area contributed by atoms with E-state index in [2.05, 4.69) is 27.3 Å². The first kappa shape index (κ1) is 12.5. The number of halogens is 1. The third kappa shape index (κ3) is 2.47. The van der Waals surface area contributed by atoms with E-state index in [1.54, 1.807) is 6.07 Å². The van der Waals surface area contributed by atoms with Gasteiger partial charge in [-0.05, 0) is 42.8 Å². The maximum absolute atomic E-state index is 8.93. The number of benzene rings is 2. The summed E-state index contributed by atoms with van der Waals surface area (Å²) >= 11 is 3.46. The van der Waals surface area contributed by atoms with Gasteiger partial charge in [-0.2, -0.15) is 5.26 Å². The van der Waals surface area contributed by atoms with Crippen LogP contribution in [0.4, 0.5) is 17.1 Å². The van der Waals surface area contributed by atoms with Crippen LogP contribution < -0.4 is 11.1 Å². The minimum absolute atomic E-state index is 0.473. The minimum atomic E-state index is 0.473. The van der Waals surface area contributed by atoms with Gasteiger partial charge in [0.1, 0.15) is 6.07 Å². The van der Waals surface area contributed by atoms with Crippen molar-refractivity contribution in [1.82, 2.24) is 0 Å². The number of nitrogen functional groups attached to an aromatic ring is 1. The van der Waals surface area contributed by atoms with Crippen LogP contribution in [0.3, 0.4) is 0 Å². The van der Waals surface area contributed by atoms with Crippen LogP contribution >= 0.6 is 15.9 Å². The molecule has 2 aromatic rings. The Kier molecular flexibility index (Phi) is 3.54. The molecule has 0 amide bonds. The van der Waals surface area contributed by atoms with E-state index in [4.69, 9.17) is 11.0 Å². The third-order valence-electron chi connectivity index (χ3n) is 2.66. The lowest BCUT2D eigenvalue weighted by Crippen LogP contribution is -1.98. The molecule has 4 heteroatoms.